The maximum atomic E-state index is 11.8. The first-order valence-corrected chi connectivity index (χ1v) is 7.81. The zero-order chi connectivity index (χ0) is 14.1. The van der Waals surface area contributed by atoms with Gasteiger partial charge in [-0.25, -0.2) is 0 Å². The average molecular weight is 272 g/mol. The van der Waals surface area contributed by atoms with E-state index in [0.29, 0.717) is 12.5 Å². The summed E-state index contributed by atoms with van der Waals surface area (Å²) in [5.41, 5.74) is 3.63. The van der Waals surface area contributed by atoms with Gasteiger partial charge in [0, 0.05) is 18.8 Å². The van der Waals surface area contributed by atoms with Gasteiger partial charge in [-0.1, -0.05) is 31.9 Å². The topological polar surface area (TPSA) is 32.3 Å². The molecular weight excluding hydrogens is 248 g/mol. The van der Waals surface area contributed by atoms with E-state index in [9.17, 15) is 4.79 Å². The van der Waals surface area contributed by atoms with E-state index < -0.39 is 0 Å². The second-order valence-corrected chi connectivity index (χ2v) is 6.20. The first kappa shape index (κ1) is 13.6. The lowest BCUT2D eigenvalue weighted by atomic mass is 9.98. The number of rotatable bonds is 6. The lowest BCUT2D eigenvalue weighted by Gasteiger charge is -2.20. The molecule has 1 heterocycles. The summed E-state index contributed by atoms with van der Waals surface area (Å²) in [7, 11) is 1.87. The van der Waals surface area contributed by atoms with Crippen LogP contribution in [0.2, 0.25) is 0 Å². The molecule has 1 unspecified atom stereocenters. The summed E-state index contributed by atoms with van der Waals surface area (Å²) in [5, 5.41) is 3.67. The lowest BCUT2D eigenvalue weighted by Crippen LogP contribution is -2.23. The third kappa shape index (κ3) is 2.73. The maximum absolute atomic E-state index is 11.8. The Bertz CT molecular complexity index is 508. The Balaban J connectivity index is 1.80. The van der Waals surface area contributed by atoms with Crippen molar-refractivity contribution in [3.05, 3.63) is 29.3 Å². The normalized spacial score (nSPS) is 19.3. The van der Waals surface area contributed by atoms with Gasteiger partial charge in [-0.2, -0.15) is 0 Å². The van der Waals surface area contributed by atoms with Gasteiger partial charge in [0.05, 0.1) is 6.42 Å². The highest BCUT2D eigenvalue weighted by molar-refractivity contribution is 6.00. The Morgan fingerprint density at radius 3 is 2.90 bits per heavy atom. The van der Waals surface area contributed by atoms with Crippen molar-refractivity contribution >= 4 is 11.6 Å². The van der Waals surface area contributed by atoms with Crippen molar-refractivity contribution in [2.45, 2.75) is 45.1 Å². The van der Waals surface area contributed by atoms with Gasteiger partial charge in [0.25, 0.3) is 0 Å². The molecular formula is C17H24N2O. The Kier molecular flexibility index (Phi) is 3.79. The molecule has 0 spiro atoms. The fraction of sp³-hybridized carbons (Fsp3) is 0.588. The number of nitrogens with zero attached hydrogens (tertiary/aromatic N) is 1. The second kappa shape index (κ2) is 5.57. The predicted octanol–water partition coefficient (Wildman–Crippen LogP) is 3.05. The number of carbonyl (C=O) groups excluding carboxylic acids is 1. The standard InChI is InChI=1S/C17H24N2O/c1-3-8-18-15(9-12-4-5-12)13-6-7-16-14(10-13)11-17(20)19(16)2/h6-7,10,12,15,18H,3-5,8-9,11H2,1-2H3. The largest absolute Gasteiger partial charge is 0.315 e. The van der Waals surface area contributed by atoms with Crippen LogP contribution in [-0.2, 0) is 11.2 Å². The molecule has 0 bridgehead atoms. The summed E-state index contributed by atoms with van der Waals surface area (Å²) in [5.74, 6) is 1.11. The number of likely N-dealkylation sites (N-methyl/N-ethyl adjacent to an activating group) is 1. The molecule has 1 aliphatic heterocycles. The van der Waals surface area contributed by atoms with Gasteiger partial charge in [0.15, 0.2) is 0 Å². The van der Waals surface area contributed by atoms with Crippen molar-refractivity contribution in [3.8, 4) is 0 Å². The van der Waals surface area contributed by atoms with Crippen LogP contribution in [0.4, 0.5) is 5.69 Å². The maximum Gasteiger partial charge on any atom is 0.231 e. The van der Waals surface area contributed by atoms with E-state index in [-0.39, 0.29) is 5.91 Å². The molecule has 0 radical (unpaired) electrons. The predicted molar refractivity (Wildman–Crippen MR) is 81.9 cm³/mol. The zero-order valence-electron chi connectivity index (χ0n) is 12.5. The first-order valence-electron chi connectivity index (χ1n) is 7.81. The molecule has 1 amide bonds. The van der Waals surface area contributed by atoms with Crippen molar-refractivity contribution < 1.29 is 4.79 Å². The molecule has 1 fully saturated rings. The zero-order valence-corrected chi connectivity index (χ0v) is 12.5. The fourth-order valence-corrected chi connectivity index (χ4v) is 3.05. The summed E-state index contributed by atoms with van der Waals surface area (Å²) >= 11 is 0. The summed E-state index contributed by atoms with van der Waals surface area (Å²) < 4.78 is 0. The Hall–Kier alpha value is -1.35. The van der Waals surface area contributed by atoms with Gasteiger partial charge in [0.2, 0.25) is 5.91 Å². The molecule has 2 aliphatic rings. The molecule has 0 aromatic heterocycles. The number of nitrogens with one attached hydrogen (secondary N) is 1. The molecule has 1 atom stereocenters. The van der Waals surface area contributed by atoms with Crippen molar-refractivity contribution in [1.29, 1.82) is 0 Å². The quantitative estimate of drug-likeness (QED) is 0.863. The smallest absolute Gasteiger partial charge is 0.231 e. The molecule has 3 nitrogen and oxygen atoms in total. The van der Waals surface area contributed by atoms with Crippen LogP contribution in [-0.4, -0.2) is 19.5 Å². The minimum atomic E-state index is 0.206. The van der Waals surface area contributed by atoms with Crippen LogP contribution in [0.3, 0.4) is 0 Å². The summed E-state index contributed by atoms with van der Waals surface area (Å²) in [4.78, 5) is 13.6. The number of hydrogen-bond acceptors (Lipinski definition) is 2. The number of carbonyl (C=O) groups is 1. The molecule has 20 heavy (non-hydrogen) atoms. The van der Waals surface area contributed by atoms with Crippen LogP contribution in [0.1, 0.15) is 49.8 Å². The Morgan fingerprint density at radius 2 is 2.20 bits per heavy atom. The summed E-state index contributed by atoms with van der Waals surface area (Å²) in [6, 6.07) is 7.01. The van der Waals surface area contributed by atoms with Gasteiger partial charge in [-0.15, -0.1) is 0 Å². The van der Waals surface area contributed by atoms with Gasteiger partial charge in [-0.3, -0.25) is 4.79 Å². The van der Waals surface area contributed by atoms with Crippen molar-refractivity contribution in [3.63, 3.8) is 0 Å². The first-order chi connectivity index (χ1) is 9.69. The average Bonchev–Trinajstić information content (AvgIpc) is 3.22. The van der Waals surface area contributed by atoms with Gasteiger partial charge >= 0.3 is 0 Å². The highest BCUT2D eigenvalue weighted by Gasteiger charge is 2.28. The second-order valence-electron chi connectivity index (χ2n) is 6.20. The van der Waals surface area contributed by atoms with Crippen LogP contribution >= 0.6 is 0 Å². The van der Waals surface area contributed by atoms with Crippen LogP contribution in [0, 0.1) is 5.92 Å². The Labute approximate surface area is 121 Å². The third-order valence-corrected chi connectivity index (χ3v) is 4.49. The van der Waals surface area contributed by atoms with Gasteiger partial charge < -0.3 is 10.2 Å². The third-order valence-electron chi connectivity index (χ3n) is 4.49. The van der Waals surface area contributed by atoms with E-state index in [0.717, 1.165) is 24.6 Å². The number of anilines is 1. The minimum absolute atomic E-state index is 0.206. The molecule has 108 valence electrons. The van der Waals surface area contributed by atoms with E-state index >= 15 is 0 Å². The van der Waals surface area contributed by atoms with Gasteiger partial charge in [0.1, 0.15) is 0 Å². The van der Waals surface area contributed by atoms with Gasteiger partial charge in [-0.05, 0) is 42.5 Å². The highest BCUT2D eigenvalue weighted by Crippen LogP contribution is 2.39. The van der Waals surface area contributed by atoms with Crippen molar-refractivity contribution in [2.24, 2.45) is 5.92 Å². The molecule has 1 aliphatic carbocycles. The molecule has 1 saturated carbocycles. The van der Waals surface area contributed by atoms with E-state index in [4.69, 9.17) is 0 Å². The lowest BCUT2D eigenvalue weighted by molar-refractivity contribution is -0.117. The van der Waals surface area contributed by atoms with Crippen molar-refractivity contribution in [2.75, 3.05) is 18.5 Å². The summed E-state index contributed by atoms with van der Waals surface area (Å²) in [6.07, 6.45) is 5.73. The van der Waals surface area contributed by atoms with Crippen molar-refractivity contribution in [1.82, 2.24) is 5.32 Å². The molecule has 1 aromatic rings. The summed E-state index contributed by atoms with van der Waals surface area (Å²) in [6.45, 7) is 3.27. The fourth-order valence-electron chi connectivity index (χ4n) is 3.05. The van der Waals surface area contributed by atoms with Crippen LogP contribution < -0.4 is 10.2 Å². The molecule has 3 rings (SSSR count). The Morgan fingerprint density at radius 1 is 1.40 bits per heavy atom. The number of hydrogen-bond donors (Lipinski definition) is 1. The number of benzene rings is 1. The van der Waals surface area contributed by atoms with E-state index in [1.54, 1.807) is 4.90 Å². The van der Waals surface area contributed by atoms with E-state index in [2.05, 4.69) is 30.4 Å². The van der Waals surface area contributed by atoms with Crippen LogP contribution in [0.15, 0.2) is 18.2 Å². The van der Waals surface area contributed by atoms with Crippen LogP contribution in [0.5, 0.6) is 0 Å². The number of fused-ring (bicyclic) bond motifs is 1. The molecule has 1 aromatic carbocycles. The van der Waals surface area contributed by atoms with E-state index in [1.807, 2.05) is 7.05 Å². The highest BCUT2D eigenvalue weighted by atomic mass is 16.2. The van der Waals surface area contributed by atoms with Crippen LogP contribution in [0.25, 0.3) is 0 Å². The minimum Gasteiger partial charge on any atom is -0.315 e. The molecule has 1 N–H and O–H groups in total. The molecule has 0 saturated heterocycles. The molecule has 3 heteroatoms. The monoisotopic (exact) mass is 272 g/mol. The number of amides is 1. The SMILES string of the molecule is CCCNC(CC1CC1)c1ccc2c(c1)CC(=O)N2C. The van der Waals surface area contributed by atoms with E-state index in [1.165, 1.54) is 30.4 Å².